The van der Waals surface area contributed by atoms with Crippen LogP contribution in [0, 0.1) is 0 Å². The molecule has 1 saturated heterocycles. The molecule has 1 N–H and O–H groups in total. The van der Waals surface area contributed by atoms with E-state index in [1.165, 1.54) is 30.5 Å². The number of nitrogens with one attached hydrogen (secondary N) is 1. The first-order valence-corrected chi connectivity index (χ1v) is 10.8. The number of anilines is 1. The van der Waals surface area contributed by atoms with E-state index in [9.17, 15) is 13.2 Å². The number of nitrogens with zero attached hydrogens (tertiary/aromatic N) is 2. The fourth-order valence-electron chi connectivity index (χ4n) is 2.99. The van der Waals surface area contributed by atoms with Crippen molar-refractivity contribution in [2.45, 2.75) is 31.0 Å². The van der Waals surface area contributed by atoms with Crippen LogP contribution < -0.4 is 9.62 Å². The fourth-order valence-corrected chi connectivity index (χ4v) is 4.40. The first-order valence-electron chi connectivity index (χ1n) is 8.54. The maximum absolute atomic E-state index is 12.5. The third kappa shape index (κ3) is 4.75. The van der Waals surface area contributed by atoms with Crippen LogP contribution in [0.5, 0.6) is 0 Å². The van der Waals surface area contributed by atoms with Crippen molar-refractivity contribution in [2.24, 2.45) is 0 Å². The molecule has 2 aromatic rings. The summed E-state index contributed by atoms with van der Waals surface area (Å²) in [4.78, 5) is 18.4. The molecule has 7 nitrogen and oxygen atoms in total. The average Bonchev–Trinajstić information content (AvgIpc) is 2.60. The molecule has 3 rings (SSSR count). The summed E-state index contributed by atoms with van der Waals surface area (Å²) in [5.41, 5.74) is 0.00973. The van der Waals surface area contributed by atoms with Gasteiger partial charge in [-0.05, 0) is 44.2 Å². The number of hydrogen-bond acceptors (Lipinski definition) is 6. The van der Waals surface area contributed by atoms with Gasteiger partial charge in [0.15, 0.2) is 0 Å². The molecule has 1 aliphatic heterocycles. The topological polar surface area (TPSA) is 88.6 Å². The molecule has 1 amide bonds. The van der Waals surface area contributed by atoms with E-state index in [-0.39, 0.29) is 27.7 Å². The smallest absolute Gasteiger partial charge is 0.266 e. The Bertz CT molecular complexity index is 973. The minimum atomic E-state index is -4.10. The fraction of sp³-hybridized carbons (Fsp3) is 0.333. The molecule has 0 spiro atoms. The molecule has 0 radical (unpaired) electrons. The van der Waals surface area contributed by atoms with Gasteiger partial charge in [0, 0.05) is 24.3 Å². The van der Waals surface area contributed by atoms with Gasteiger partial charge >= 0.3 is 0 Å². The van der Waals surface area contributed by atoms with Gasteiger partial charge in [0.2, 0.25) is 0 Å². The van der Waals surface area contributed by atoms with E-state index in [1.54, 1.807) is 6.07 Å². The SMILES string of the molecule is CC1CN(c2ccc(S(=O)(=O)NC(=O)c3ccc(Cl)cc3Cl)cn2)CC(C)O1. The number of morpholine rings is 1. The lowest BCUT2D eigenvalue weighted by Crippen LogP contribution is -2.45. The second kappa shape index (κ2) is 8.24. The highest BCUT2D eigenvalue weighted by Gasteiger charge is 2.25. The highest BCUT2D eigenvalue weighted by molar-refractivity contribution is 7.90. The number of ether oxygens (including phenoxy) is 1. The van der Waals surface area contributed by atoms with Crippen LogP contribution in [0.4, 0.5) is 5.82 Å². The van der Waals surface area contributed by atoms with Crippen LogP contribution in [0.2, 0.25) is 10.0 Å². The van der Waals surface area contributed by atoms with E-state index in [4.69, 9.17) is 27.9 Å². The molecule has 28 heavy (non-hydrogen) atoms. The minimum absolute atomic E-state index is 0.00973. The van der Waals surface area contributed by atoms with Crippen LogP contribution in [0.15, 0.2) is 41.4 Å². The van der Waals surface area contributed by atoms with Gasteiger partial charge in [-0.3, -0.25) is 4.79 Å². The molecule has 0 saturated carbocycles. The Kier molecular flexibility index (Phi) is 6.14. The normalized spacial score (nSPS) is 20.1. The van der Waals surface area contributed by atoms with Crippen molar-refractivity contribution in [1.82, 2.24) is 9.71 Å². The van der Waals surface area contributed by atoms with E-state index in [0.717, 1.165) is 0 Å². The van der Waals surface area contributed by atoms with Crippen LogP contribution in [-0.2, 0) is 14.8 Å². The molecule has 1 aromatic carbocycles. The largest absolute Gasteiger partial charge is 0.372 e. The number of benzene rings is 1. The summed E-state index contributed by atoms with van der Waals surface area (Å²) in [5, 5.41) is 0.403. The molecular weight excluding hydrogens is 425 g/mol. The number of pyridine rings is 1. The maximum atomic E-state index is 12.5. The predicted octanol–water partition coefficient (Wildman–Crippen LogP) is 3.12. The number of amides is 1. The summed E-state index contributed by atoms with van der Waals surface area (Å²) >= 11 is 11.8. The highest BCUT2D eigenvalue weighted by Crippen LogP contribution is 2.22. The van der Waals surface area contributed by atoms with Crippen molar-refractivity contribution in [2.75, 3.05) is 18.0 Å². The van der Waals surface area contributed by atoms with Crippen molar-refractivity contribution in [3.8, 4) is 0 Å². The van der Waals surface area contributed by atoms with Crippen molar-refractivity contribution in [3.63, 3.8) is 0 Å². The van der Waals surface area contributed by atoms with Gasteiger partial charge < -0.3 is 9.64 Å². The number of aromatic nitrogens is 1. The third-order valence-electron chi connectivity index (χ3n) is 4.18. The van der Waals surface area contributed by atoms with E-state index in [2.05, 4.69) is 4.98 Å². The number of halogens is 2. The van der Waals surface area contributed by atoms with E-state index in [0.29, 0.717) is 23.9 Å². The van der Waals surface area contributed by atoms with Gasteiger partial charge in [-0.1, -0.05) is 23.2 Å². The van der Waals surface area contributed by atoms with Crippen molar-refractivity contribution < 1.29 is 17.9 Å². The lowest BCUT2D eigenvalue weighted by molar-refractivity contribution is -0.00546. The molecule has 10 heteroatoms. The second-order valence-corrected chi connectivity index (χ2v) is 9.10. The summed E-state index contributed by atoms with van der Waals surface area (Å²) in [6.45, 7) is 5.27. The molecule has 0 aliphatic carbocycles. The zero-order valence-electron chi connectivity index (χ0n) is 15.2. The Morgan fingerprint density at radius 3 is 2.43 bits per heavy atom. The van der Waals surface area contributed by atoms with E-state index in [1.807, 2.05) is 23.5 Å². The molecule has 1 aliphatic rings. The lowest BCUT2D eigenvalue weighted by Gasteiger charge is -2.36. The van der Waals surface area contributed by atoms with Crippen LogP contribution in [-0.4, -0.2) is 44.6 Å². The van der Waals surface area contributed by atoms with E-state index >= 15 is 0 Å². The van der Waals surface area contributed by atoms with Crippen molar-refractivity contribution in [1.29, 1.82) is 0 Å². The van der Waals surface area contributed by atoms with Crippen LogP contribution in [0.25, 0.3) is 0 Å². The standard InChI is InChI=1S/C18H19Cl2N3O4S/c1-11-9-23(10-12(2)27-11)17-6-4-14(8-21-17)28(25,26)22-18(24)15-5-3-13(19)7-16(15)20/h3-8,11-12H,9-10H2,1-2H3,(H,22,24). The van der Waals surface area contributed by atoms with Gasteiger partial charge in [-0.2, -0.15) is 0 Å². The molecular formula is C18H19Cl2N3O4S. The Labute approximate surface area is 173 Å². The van der Waals surface area contributed by atoms with Gasteiger partial charge in [0.1, 0.15) is 10.7 Å². The molecule has 1 fully saturated rings. The Balaban J connectivity index is 1.76. The zero-order valence-corrected chi connectivity index (χ0v) is 17.6. The summed E-state index contributed by atoms with van der Waals surface area (Å²) in [6, 6.07) is 7.20. The highest BCUT2D eigenvalue weighted by atomic mass is 35.5. The minimum Gasteiger partial charge on any atom is -0.372 e. The lowest BCUT2D eigenvalue weighted by atomic mass is 10.2. The number of sulfonamides is 1. The van der Waals surface area contributed by atoms with Crippen molar-refractivity contribution in [3.05, 3.63) is 52.1 Å². The first-order chi connectivity index (χ1) is 13.2. The van der Waals surface area contributed by atoms with Gasteiger partial charge in [0.25, 0.3) is 15.9 Å². The number of rotatable bonds is 4. The van der Waals surface area contributed by atoms with Gasteiger partial charge in [-0.15, -0.1) is 0 Å². The van der Waals surface area contributed by atoms with Crippen LogP contribution in [0.3, 0.4) is 0 Å². The summed E-state index contributed by atoms with van der Waals surface area (Å²) in [7, 11) is -4.10. The van der Waals surface area contributed by atoms with E-state index < -0.39 is 15.9 Å². The summed E-state index contributed by atoms with van der Waals surface area (Å²) < 4.78 is 32.7. The average molecular weight is 444 g/mol. The number of hydrogen-bond donors (Lipinski definition) is 1. The monoisotopic (exact) mass is 443 g/mol. The number of carbonyl (C=O) groups is 1. The molecule has 150 valence electrons. The van der Waals surface area contributed by atoms with Crippen LogP contribution >= 0.6 is 23.2 Å². The zero-order chi connectivity index (χ0) is 20.5. The quantitative estimate of drug-likeness (QED) is 0.780. The van der Waals surface area contributed by atoms with Crippen molar-refractivity contribution >= 4 is 45.0 Å². The van der Waals surface area contributed by atoms with Gasteiger partial charge in [0.05, 0.1) is 22.8 Å². The first kappa shape index (κ1) is 20.9. The molecule has 2 unspecified atom stereocenters. The summed E-state index contributed by atoms with van der Waals surface area (Å²) in [6.07, 6.45) is 1.33. The number of carbonyl (C=O) groups excluding carboxylic acids is 1. The van der Waals surface area contributed by atoms with Crippen LogP contribution in [0.1, 0.15) is 24.2 Å². The van der Waals surface area contributed by atoms with Gasteiger partial charge in [-0.25, -0.2) is 18.1 Å². The second-order valence-electron chi connectivity index (χ2n) is 6.57. The Morgan fingerprint density at radius 2 is 1.86 bits per heavy atom. The Morgan fingerprint density at radius 1 is 1.18 bits per heavy atom. The third-order valence-corrected chi connectivity index (χ3v) is 6.04. The molecule has 2 atom stereocenters. The molecule has 0 bridgehead atoms. The molecule has 2 heterocycles. The molecule has 1 aromatic heterocycles. The predicted molar refractivity (Wildman–Crippen MR) is 108 cm³/mol. The Hall–Kier alpha value is -1.87. The summed E-state index contributed by atoms with van der Waals surface area (Å²) in [5.74, 6) is -0.199. The maximum Gasteiger partial charge on any atom is 0.266 e.